The Morgan fingerprint density at radius 2 is 2.17 bits per heavy atom. The van der Waals surface area contributed by atoms with E-state index in [1.54, 1.807) is 11.3 Å². The van der Waals surface area contributed by atoms with E-state index < -0.39 is 9.75 Å². The standard InChI is InChI=1S/C13H17Cl2NOS/c1-8(6-10-5-4-9(2)18-10)16-11(17)12(3)7-13(12,14)15/h4-5,8H,6-7H2,1-3H3,(H,16,17). The van der Waals surface area contributed by atoms with Crippen LogP contribution in [-0.2, 0) is 11.2 Å². The monoisotopic (exact) mass is 305 g/mol. The van der Waals surface area contributed by atoms with Crippen molar-refractivity contribution in [2.75, 3.05) is 0 Å². The first-order valence-electron chi connectivity index (χ1n) is 5.99. The number of halogens is 2. The fourth-order valence-corrected chi connectivity index (χ4v) is 3.70. The van der Waals surface area contributed by atoms with Crippen LogP contribution in [0.4, 0.5) is 0 Å². The summed E-state index contributed by atoms with van der Waals surface area (Å²) in [6.45, 7) is 5.89. The van der Waals surface area contributed by atoms with Crippen molar-refractivity contribution in [1.29, 1.82) is 0 Å². The molecule has 1 aromatic heterocycles. The highest BCUT2D eigenvalue weighted by Gasteiger charge is 2.67. The zero-order chi connectivity index (χ0) is 13.6. The van der Waals surface area contributed by atoms with E-state index in [9.17, 15) is 4.79 Å². The van der Waals surface area contributed by atoms with E-state index in [0.717, 1.165) is 6.42 Å². The predicted octanol–water partition coefficient (Wildman–Crippen LogP) is 3.69. The Morgan fingerprint density at radius 1 is 1.56 bits per heavy atom. The first-order chi connectivity index (χ1) is 8.24. The number of carbonyl (C=O) groups excluding carboxylic acids is 1. The Balaban J connectivity index is 1.89. The lowest BCUT2D eigenvalue weighted by atomic mass is 10.1. The van der Waals surface area contributed by atoms with E-state index >= 15 is 0 Å². The van der Waals surface area contributed by atoms with Crippen LogP contribution in [0.3, 0.4) is 0 Å². The maximum absolute atomic E-state index is 12.1. The van der Waals surface area contributed by atoms with Crippen molar-refractivity contribution in [3.63, 3.8) is 0 Å². The van der Waals surface area contributed by atoms with Gasteiger partial charge < -0.3 is 5.32 Å². The Morgan fingerprint density at radius 3 is 2.61 bits per heavy atom. The van der Waals surface area contributed by atoms with E-state index in [1.807, 2.05) is 13.8 Å². The molecule has 0 aromatic carbocycles. The molecular formula is C13H17Cl2NOS. The van der Waals surface area contributed by atoms with Crippen LogP contribution in [0.1, 0.15) is 30.0 Å². The van der Waals surface area contributed by atoms with Crippen LogP contribution in [-0.4, -0.2) is 16.3 Å². The van der Waals surface area contributed by atoms with Crippen LogP contribution < -0.4 is 5.32 Å². The molecule has 1 amide bonds. The second-order valence-electron chi connectivity index (χ2n) is 5.30. The molecule has 1 aliphatic rings. The molecule has 2 nitrogen and oxygen atoms in total. The van der Waals surface area contributed by atoms with Gasteiger partial charge in [-0.15, -0.1) is 34.5 Å². The van der Waals surface area contributed by atoms with Gasteiger partial charge in [0.05, 0.1) is 5.41 Å². The van der Waals surface area contributed by atoms with Crippen molar-refractivity contribution in [1.82, 2.24) is 5.32 Å². The summed E-state index contributed by atoms with van der Waals surface area (Å²) in [7, 11) is 0. The molecule has 0 spiro atoms. The van der Waals surface area contributed by atoms with Gasteiger partial charge in [-0.3, -0.25) is 4.79 Å². The molecule has 1 aromatic rings. The maximum atomic E-state index is 12.1. The summed E-state index contributed by atoms with van der Waals surface area (Å²) in [5.74, 6) is -0.0479. The number of nitrogens with one attached hydrogen (secondary N) is 1. The average molecular weight is 306 g/mol. The number of amides is 1. The van der Waals surface area contributed by atoms with E-state index in [4.69, 9.17) is 23.2 Å². The first-order valence-corrected chi connectivity index (χ1v) is 7.56. The molecule has 2 unspecified atom stereocenters. The van der Waals surface area contributed by atoms with E-state index in [-0.39, 0.29) is 11.9 Å². The molecule has 2 rings (SSSR count). The van der Waals surface area contributed by atoms with Crippen molar-refractivity contribution in [3.05, 3.63) is 21.9 Å². The normalized spacial score (nSPS) is 26.7. The minimum absolute atomic E-state index is 0.0479. The van der Waals surface area contributed by atoms with Crippen LogP contribution in [0.15, 0.2) is 12.1 Å². The predicted molar refractivity (Wildman–Crippen MR) is 77.5 cm³/mol. The third-order valence-corrected chi connectivity index (χ3v) is 5.56. The highest BCUT2D eigenvalue weighted by Crippen LogP contribution is 2.63. The number of alkyl halides is 2. The van der Waals surface area contributed by atoms with Gasteiger partial charge >= 0.3 is 0 Å². The quantitative estimate of drug-likeness (QED) is 0.845. The van der Waals surface area contributed by atoms with Gasteiger partial charge in [0.25, 0.3) is 0 Å². The average Bonchev–Trinajstić information content (AvgIpc) is 2.55. The van der Waals surface area contributed by atoms with Crippen molar-refractivity contribution in [2.45, 2.75) is 44.0 Å². The number of rotatable bonds is 4. The molecule has 5 heteroatoms. The Kier molecular flexibility index (Phi) is 3.69. The van der Waals surface area contributed by atoms with Crippen molar-refractivity contribution >= 4 is 40.4 Å². The molecular weight excluding hydrogens is 289 g/mol. The van der Waals surface area contributed by atoms with Gasteiger partial charge in [-0.25, -0.2) is 0 Å². The molecule has 1 aliphatic carbocycles. The molecule has 0 bridgehead atoms. The van der Waals surface area contributed by atoms with E-state index in [0.29, 0.717) is 6.42 Å². The Labute approximate surface area is 122 Å². The summed E-state index contributed by atoms with van der Waals surface area (Å²) in [6.07, 6.45) is 1.37. The second kappa shape index (κ2) is 4.69. The van der Waals surface area contributed by atoms with Crippen LogP contribution in [0.25, 0.3) is 0 Å². The minimum atomic E-state index is -0.893. The topological polar surface area (TPSA) is 29.1 Å². The van der Waals surface area contributed by atoms with Gasteiger partial charge in [0.1, 0.15) is 4.33 Å². The van der Waals surface area contributed by atoms with Gasteiger partial charge in [-0.05, 0) is 39.3 Å². The molecule has 0 radical (unpaired) electrons. The highest BCUT2D eigenvalue weighted by atomic mass is 35.5. The van der Waals surface area contributed by atoms with Crippen molar-refractivity contribution < 1.29 is 4.79 Å². The molecule has 100 valence electrons. The van der Waals surface area contributed by atoms with Gasteiger partial charge in [-0.2, -0.15) is 0 Å². The number of aryl methyl sites for hydroxylation is 1. The number of carbonyl (C=O) groups is 1. The fraction of sp³-hybridized carbons (Fsp3) is 0.615. The van der Waals surface area contributed by atoms with Crippen LogP contribution in [0.5, 0.6) is 0 Å². The summed E-state index contributed by atoms with van der Waals surface area (Å²) >= 11 is 13.8. The zero-order valence-electron chi connectivity index (χ0n) is 10.7. The van der Waals surface area contributed by atoms with Crippen LogP contribution in [0, 0.1) is 12.3 Å². The van der Waals surface area contributed by atoms with Crippen molar-refractivity contribution in [2.24, 2.45) is 5.41 Å². The summed E-state index contributed by atoms with van der Waals surface area (Å²) < 4.78 is -0.893. The van der Waals surface area contributed by atoms with Gasteiger partial charge in [-0.1, -0.05) is 0 Å². The molecule has 1 saturated carbocycles. The summed E-state index contributed by atoms with van der Waals surface area (Å²) in [5.41, 5.74) is -0.629. The van der Waals surface area contributed by atoms with Crippen LogP contribution >= 0.6 is 34.5 Å². The third-order valence-electron chi connectivity index (χ3n) is 3.44. The Hall–Kier alpha value is -0.250. The maximum Gasteiger partial charge on any atom is 0.229 e. The van der Waals surface area contributed by atoms with Crippen molar-refractivity contribution in [3.8, 4) is 0 Å². The number of thiophene rings is 1. The third kappa shape index (κ3) is 2.68. The summed E-state index contributed by atoms with van der Waals surface area (Å²) in [5, 5.41) is 2.99. The molecule has 0 aliphatic heterocycles. The largest absolute Gasteiger partial charge is 0.353 e. The molecule has 1 fully saturated rings. The summed E-state index contributed by atoms with van der Waals surface area (Å²) in [4.78, 5) is 14.6. The molecule has 18 heavy (non-hydrogen) atoms. The van der Waals surface area contributed by atoms with E-state index in [1.165, 1.54) is 9.75 Å². The van der Waals surface area contributed by atoms with Gasteiger partial charge in [0.2, 0.25) is 5.91 Å². The lowest BCUT2D eigenvalue weighted by molar-refractivity contribution is -0.126. The lowest BCUT2D eigenvalue weighted by Gasteiger charge is -2.17. The zero-order valence-corrected chi connectivity index (χ0v) is 13.0. The molecule has 1 heterocycles. The highest BCUT2D eigenvalue weighted by molar-refractivity contribution is 7.11. The number of hydrogen-bond acceptors (Lipinski definition) is 2. The second-order valence-corrected chi connectivity index (χ2v) is 8.16. The smallest absolute Gasteiger partial charge is 0.229 e. The van der Waals surface area contributed by atoms with E-state index in [2.05, 4.69) is 24.4 Å². The van der Waals surface area contributed by atoms with Gasteiger partial charge in [0.15, 0.2) is 0 Å². The molecule has 2 atom stereocenters. The fourth-order valence-electron chi connectivity index (χ4n) is 1.98. The van der Waals surface area contributed by atoms with Gasteiger partial charge in [0, 0.05) is 22.2 Å². The van der Waals surface area contributed by atoms with Crippen LogP contribution in [0.2, 0.25) is 0 Å². The lowest BCUT2D eigenvalue weighted by Crippen LogP contribution is -2.40. The summed E-state index contributed by atoms with van der Waals surface area (Å²) in [6, 6.07) is 4.30. The Bertz CT molecular complexity index is 471. The SMILES string of the molecule is Cc1ccc(CC(C)NC(=O)C2(C)CC2(Cl)Cl)s1. The molecule has 1 N–H and O–H groups in total. The number of hydrogen-bond donors (Lipinski definition) is 1. The first kappa shape index (κ1) is 14.2. The minimum Gasteiger partial charge on any atom is -0.353 e. The molecule has 0 saturated heterocycles.